The number of hydrogen-bond donors (Lipinski definition) is 1. The van der Waals surface area contributed by atoms with Gasteiger partial charge in [0.05, 0.1) is 18.9 Å². The summed E-state index contributed by atoms with van der Waals surface area (Å²) in [5, 5.41) is 1.84. The van der Waals surface area contributed by atoms with E-state index in [1.165, 1.54) is 0 Å². The summed E-state index contributed by atoms with van der Waals surface area (Å²) in [5.74, 6) is 0. The standard InChI is InChI=1S/C17H14ClNO2/c18-12-5-3-4-11(10-12)16-15(17-20-8-9-21-17)13-6-1-2-7-14(13)19-16/h1-7,10,17,19H,8-9H2. The number of halogens is 1. The van der Waals surface area contributed by atoms with Crippen LogP contribution in [0.3, 0.4) is 0 Å². The minimum Gasteiger partial charge on any atom is -0.354 e. The zero-order chi connectivity index (χ0) is 14.2. The fourth-order valence-electron chi connectivity index (χ4n) is 2.81. The number of para-hydroxylation sites is 1. The lowest BCUT2D eigenvalue weighted by atomic mass is 10.0. The van der Waals surface area contributed by atoms with Gasteiger partial charge in [0.1, 0.15) is 0 Å². The highest BCUT2D eigenvalue weighted by molar-refractivity contribution is 6.30. The summed E-state index contributed by atoms with van der Waals surface area (Å²) in [5.41, 5.74) is 4.16. The van der Waals surface area contributed by atoms with Crippen LogP contribution in [-0.4, -0.2) is 18.2 Å². The van der Waals surface area contributed by atoms with Gasteiger partial charge in [0.15, 0.2) is 6.29 Å². The minimum absolute atomic E-state index is 0.324. The molecule has 4 heteroatoms. The van der Waals surface area contributed by atoms with Crippen LogP contribution >= 0.6 is 11.6 Å². The number of H-pyrrole nitrogens is 1. The maximum Gasteiger partial charge on any atom is 0.186 e. The first kappa shape index (κ1) is 12.9. The Morgan fingerprint density at radius 2 is 1.81 bits per heavy atom. The summed E-state index contributed by atoms with van der Waals surface area (Å²) in [6.45, 7) is 1.25. The first-order valence-corrected chi connectivity index (χ1v) is 7.30. The topological polar surface area (TPSA) is 34.2 Å². The molecule has 0 radical (unpaired) electrons. The third kappa shape index (κ3) is 2.23. The van der Waals surface area contributed by atoms with Crippen LogP contribution in [-0.2, 0) is 9.47 Å². The number of aromatic amines is 1. The van der Waals surface area contributed by atoms with Gasteiger partial charge in [-0.3, -0.25) is 0 Å². The van der Waals surface area contributed by atoms with Crippen molar-refractivity contribution < 1.29 is 9.47 Å². The van der Waals surface area contributed by atoms with Crippen molar-refractivity contribution in [3.8, 4) is 11.3 Å². The molecule has 1 N–H and O–H groups in total. The SMILES string of the molecule is Clc1cccc(-c2[nH]c3ccccc3c2C2OCCO2)c1. The highest BCUT2D eigenvalue weighted by atomic mass is 35.5. The van der Waals surface area contributed by atoms with Crippen LogP contribution in [0, 0.1) is 0 Å². The molecular formula is C17H14ClNO2. The van der Waals surface area contributed by atoms with Crippen molar-refractivity contribution in [1.29, 1.82) is 0 Å². The second-order valence-corrected chi connectivity index (χ2v) is 5.48. The third-order valence-electron chi connectivity index (χ3n) is 3.72. The van der Waals surface area contributed by atoms with Gasteiger partial charge in [-0.2, -0.15) is 0 Å². The van der Waals surface area contributed by atoms with E-state index in [1.807, 2.05) is 36.4 Å². The summed E-state index contributed by atoms with van der Waals surface area (Å²) >= 11 is 6.13. The Morgan fingerprint density at radius 1 is 1.00 bits per heavy atom. The van der Waals surface area contributed by atoms with Crippen molar-refractivity contribution in [1.82, 2.24) is 4.98 Å². The summed E-state index contributed by atoms with van der Waals surface area (Å²) in [4.78, 5) is 3.47. The van der Waals surface area contributed by atoms with E-state index in [0.29, 0.717) is 18.2 Å². The molecule has 2 aromatic carbocycles. The van der Waals surface area contributed by atoms with Gasteiger partial charge in [-0.25, -0.2) is 0 Å². The van der Waals surface area contributed by atoms with E-state index >= 15 is 0 Å². The van der Waals surface area contributed by atoms with Crippen LogP contribution in [0.25, 0.3) is 22.2 Å². The molecule has 21 heavy (non-hydrogen) atoms. The lowest BCUT2D eigenvalue weighted by Gasteiger charge is -2.11. The van der Waals surface area contributed by atoms with E-state index in [0.717, 1.165) is 27.7 Å². The van der Waals surface area contributed by atoms with E-state index in [4.69, 9.17) is 21.1 Å². The smallest absolute Gasteiger partial charge is 0.186 e. The van der Waals surface area contributed by atoms with Crippen molar-refractivity contribution in [3.05, 3.63) is 59.1 Å². The van der Waals surface area contributed by atoms with Crippen LogP contribution in [0.1, 0.15) is 11.9 Å². The number of rotatable bonds is 2. The number of hydrogen-bond acceptors (Lipinski definition) is 2. The molecule has 0 atom stereocenters. The van der Waals surface area contributed by atoms with E-state index in [2.05, 4.69) is 17.1 Å². The van der Waals surface area contributed by atoms with Gasteiger partial charge in [-0.05, 0) is 23.8 Å². The van der Waals surface area contributed by atoms with Crippen molar-refractivity contribution in [2.45, 2.75) is 6.29 Å². The van der Waals surface area contributed by atoms with Crippen molar-refractivity contribution in [2.24, 2.45) is 0 Å². The van der Waals surface area contributed by atoms with Gasteiger partial charge in [-0.1, -0.05) is 41.9 Å². The molecule has 0 unspecified atom stereocenters. The molecule has 0 aliphatic carbocycles. The zero-order valence-corrected chi connectivity index (χ0v) is 12.1. The lowest BCUT2D eigenvalue weighted by molar-refractivity contribution is -0.0425. The molecule has 0 amide bonds. The molecule has 1 aliphatic rings. The first-order valence-electron chi connectivity index (χ1n) is 6.93. The molecule has 1 saturated heterocycles. The molecule has 0 bridgehead atoms. The molecule has 1 aliphatic heterocycles. The minimum atomic E-state index is -0.324. The van der Waals surface area contributed by atoms with Gasteiger partial charge >= 0.3 is 0 Å². The highest BCUT2D eigenvalue weighted by Gasteiger charge is 2.26. The summed E-state index contributed by atoms with van der Waals surface area (Å²) < 4.78 is 11.4. The van der Waals surface area contributed by atoms with Crippen LogP contribution < -0.4 is 0 Å². The maximum atomic E-state index is 6.13. The van der Waals surface area contributed by atoms with E-state index in [1.54, 1.807) is 0 Å². The van der Waals surface area contributed by atoms with Gasteiger partial charge < -0.3 is 14.5 Å². The lowest BCUT2D eigenvalue weighted by Crippen LogP contribution is -1.99. The number of ether oxygens (including phenoxy) is 2. The average Bonchev–Trinajstić information content (AvgIpc) is 3.14. The average molecular weight is 300 g/mol. The normalized spacial score (nSPS) is 15.9. The van der Waals surface area contributed by atoms with Crippen LogP contribution in [0.5, 0.6) is 0 Å². The number of aromatic nitrogens is 1. The second-order valence-electron chi connectivity index (χ2n) is 5.04. The summed E-state index contributed by atoms with van der Waals surface area (Å²) in [6, 6.07) is 16.0. The number of fused-ring (bicyclic) bond motifs is 1. The molecule has 1 fully saturated rings. The van der Waals surface area contributed by atoms with Crippen LogP contribution in [0.4, 0.5) is 0 Å². The molecule has 2 heterocycles. The molecule has 3 nitrogen and oxygen atoms in total. The molecular weight excluding hydrogens is 286 g/mol. The first-order chi connectivity index (χ1) is 10.3. The van der Waals surface area contributed by atoms with Gasteiger partial charge in [0, 0.05) is 21.5 Å². The quantitative estimate of drug-likeness (QED) is 0.754. The van der Waals surface area contributed by atoms with Gasteiger partial charge in [0.25, 0.3) is 0 Å². The Balaban J connectivity index is 1.97. The van der Waals surface area contributed by atoms with E-state index < -0.39 is 0 Å². The van der Waals surface area contributed by atoms with Crippen molar-refractivity contribution in [3.63, 3.8) is 0 Å². The van der Waals surface area contributed by atoms with E-state index in [-0.39, 0.29) is 6.29 Å². The van der Waals surface area contributed by atoms with E-state index in [9.17, 15) is 0 Å². The fourth-order valence-corrected chi connectivity index (χ4v) is 3.00. The Kier molecular flexibility index (Phi) is 3.19. The Labute approximate surface area is 127 Å². The zero-order valence-electron chi connectivity index (χ0n) is 11.3. The van der Waals surface area contributed by atoms with Crippen LogP contribution in [0.2, 0.25) is 5.02 Å². The summed E-state index contributed by atoms with van der Waals surface area (Å²) in [6.07, 6.45) is -0.324. The Bertz CT molecular complexity index is 790. The van der Waals surface area contributed by atoms with Crippen LogP contribution in [0.15, 0.2) is 48.5 Å². The predicted molar refractivity (Wildman–Crippen MR) is 83.4 cm³/mol. The third-order valence-corrected chi connectivity index (χ3v) is 3.95. The molecule has 1 aromatic heterocycles. The molecule has 4 rings (SSSR count). The molecule has 0 spiro atoms. The van der Waals surface area contributed by atoms with Crippen molar-refractivity contribution in [2.75, 3.05) is 13.2 Å². The van der Waals surface area contributed by atoms with Crippen molar-refractivity contribution >= 4 is 22.5 Å². The maximum absolute atomic E-state index is 6.13. The predicted octanol–water partition coefficient (Wildman–Crippen LogP) is 4.53. The monoisotopic (exact) mass is 299 g/mol. The summed E-state index contributed by atoms with van der Waals surface area (Å²) in [7, 11) is 0. The molecule has 106 valence electrons. The molecule has 0 saturated carbocycles. The fraction of sp³-hybridized carbons (Fsp3) is 0.176. The number of nitrogens with one attached hydrogen (secondary N) is 1. The van der Waals surface area contributed by atoms with Gasteiger partial charge in [0.2, 0.25) is 0 Å². The number of benzene rings is 2. The Hall–Kier alpha value is -1.81. The largest absolute Gasteiger partial charge is 0.354 e. The highest BCUT2D eigenvalue weighted by Crippen LogP contribution is 2.38. The Morgan fingerprint density at radius 3 is 2.62 bits per heavy atom. The molecule has 3 aromatic rings. The van der Waals surface area contributed by atoms with Gasteiger partial charge in [-0.15, -0.1) is 0 Å². The second kappa shape index (κ2) is 5.19.